The molecule has 1 aromatic heterocycles. The van der Waals surface area contributed by atoms with Crippen molar-refractivity contribution >= 4 is 5.91 Å². The van der Waals surface area contributed by atoms with Gasteiger partial charge in [0, 0.05) is 38.4 Å². The molecule has 0 aliphatic carbocycles. The summed E-state index contributed by atoms with van der Waals surface area (Å²) in [6.07, 6.45) is 5.94. The van der Waals surface area contributed by atoms with Crippen molar-refractivity contribution in [3.05, 3.63) is 65.5 Å². The number of likely N-dealkylation sites (tertiary alicyclic amines) is 1. The van der Waals surface area contributed by atoms with Crippen LogP contribution in [0.4, 0.5) is 0 Å². The summed E-state index contributed by atoms with van der Waals surface area (Å²) in [6, 6.07) is 12.5. The predicted molar refractivity (Wildman–Crippen MR) is 111 cm³/mol. The molecule has 2 aromatic rings. The van der Waals surface area contributed by atoms with Gasteiger partial charge in [-0.3, -0.25) is 14.7 Å². The van der Waals surface area contributed by atoms with Crippen LogP contribution in [-0.2, 0) is 17.9 Å². The van der Waals surface area contributed by atoms with Gasteiger partial charge >= 0.3 is 0 Å². The monoisotopic (exact) mass is 381 g/mol. The second-order valence-electron chi connectivity index (χ2n) is 7.76. The van der Waals surface area contributed by atoms with Crippen LogP contribution in [0.25, 0.3) is 0 Å². The normalized spacial score (nSPS) is 15.5. The van der Waals surface area contributed by atoms with Crippen LogP contribution in [0.5, 0.6) is 0 Å². The number of hydrogen-bond donors (Lipinski definition) is 1. The molecule has 0 saturated carbocycles. The third-order valence-corrected chi connectivity index (χ3v) is 5.62. The van der Waals surface area contributed by atoms with Crippen molar-refractivity contribution in [1.82, 2.24) is 14.8 Å². The van der Waals surface area contributed by atoms with Gasteiger partial charge in [-0.2, -0.15) is 0 Å². The standard InChI is InChI=1S/C23H31N3O2/c1-19-5-2-3-7-22(19)18-25-12-8-20(9-13-25)16-26(23(28)10-14-27)17-21-6-4-11-24-15-21/h2-7,11,15,20,27H,8-10,12-14,16-18H2,1H3. The Morgan fingerprint density at radius 1 is 1.21 bits per heavy atom. The minimum atomic E-state index is -0.1000. The fraction of sp³-hybridized carbons (Fsp3) is 0.478. The molecule has 1 amide bonds. The van der Waals surface area contributed by atoms with E-state index in [1.165, 1.54) is 11.1 Å². The van der Waals surface area contributed by atoms with Crippen LogP contribution in [0.15, 0.2) is 48.8 Å². The molecule has 5 heteroatoms. The molecule has 28 heavy (non-hydrogen) atoms. The van der Waals surface area contributed by atoms with Crippen molar-refractivity contribution in [2.75, 3.05) is 26.2 Å². The minimum absolute atomic E-state index is 0.0219. The topological polar surface area (TPSA) is 56.7 Å². The molecule has 1 N–H and O–H groups in total. The Hall–Kier alpha value is -2.24. The van der Waals surface area contributed by atoms with Crippen molar-refractivity contribution < 1.29 is 9.90 Å². The van der Waals surface area contributed by atoms with E-state index in [0.29, 0.717) is 12.5 Å². The highest BCUT2D eigenvalue weighted by atomic mass is 16.3. The fourth-order valence-corrected chi connectivity index (χ4v) is 3.89. The van der Waals surface area contributed by atoms with Crippen LogP contribution < -0.4 is 0 Å². The molecule has 150 valence electrons. The Labute approximate surface area is 168 Å². The van der Waals surface area contributed by atoms with Gasteiger partial charge in [0.15, 0.2) is 0 Å². The molecular formula is C23H31N3O2. The summed E-state index contributed by atoms with van der Waals surface area (Å²) in [7, 11) is 0. The Balaban J connectivity index is 1.54. The molecule has 2 heterocycles. The van der Waals surface area contributed by atoms with Gasteiger partial charge in [0.2, 0.25) is 5.91 Å². The third kappa shape index (κ3) is 5.88. The van der Waals surface area contributed by atoms with Gasteiger partial charge in [-0.1, -0.05) is 30.3 Å². The first-order chi connectivity index (χ1) is 13.7. The molecule has 3 rings (SSSR count). The smallest absolute Gasteiger partial charge is 0.225 e. The van der Waals surface area contributed by atoms with E-state index in [0.717, 1.165) is 44.6 Å². The second kappa shape index (κ2) is 10.3. The highest BCUT2D eigenvalue weighted by Crippen LogP contribution is 2.22. The molecule has 1 saturated heterocycles. The molecule has 1 fully saturated rings. The van der Waals surface area contributed by atoms with Crippen molar-refractivity contribution in [3.8, 4) is 0 Å². The van der Waals surface area contributed by atoms with E-state index in [1.54, 1.807) is 6.20 Å². The first-order valence-electron chi connectivity index (χ1n) is 10.2. The minimum Gasteiger partial charge on any atom is -0.396 e. The number of carbonyl (C=O) groups is 1. The number of nitrogens with zero attached hydrogens (tertiary/aromatic N) is 3. The largest absolute Gasteiger partial charge is 0.396 e. The van der Waals surface area contributed by atoms with Gasteiger partial charge in [0.05, 0.1) is 6.61 Å². The second-order valence-corrected chi connectivity index (χ2v) is 7.76. The summed E-state index contributed by atoms with van der Waals surface area (Å²) in [5.41, 5.74) is 3.78. The van der Waals surface area contributed by atoms with Crippen molar-refractivity contribution in [2.45, 2.75) is 39.3 Å². The van der Waals surface area contributed by atoms with Gasteiger partial charge in [0.1, 0.15) is 0 Å². The predicted octanol–water partition coefficient (Wildman–Crippen LogP) is 3.01. The van der Waals surface area contributed by atoms with Gasteiger partial charge in [0.25, 0.3) is 0 Å². The van der Waals surface area contributed by atoms with Crippen LogP contribution in [0, 0.1) is 12.8 Å². The average Bonchev–Trinajstić information content (AvgIpc) is 2.71. The molecule has 0 spiro atoms. The molecular weight excluding hydrogens is 350 g/mol. The van der Waals surface area contributed by atoms with Gasteiger partial charge in [-0.05, 0) is 61.5 Å². The van der Waals surface area contributed by atoms with E-state index >= 15 is 0 Å². The number of rotatable bonds is 8. The van der Waals surface area contributed by atoms with Gasteiger partial charge in [-0.25, -0.2) is 0 Å². The molecule has 0 unspecified atom stereocenters. The lowest BCUT2D eigenvalue weighted by molar-refractivity contribution is -0.133. The lowest BCUT2D eigenvalue weighted by Crippen LogP contribution is -2.40. The van der Waals surface area contributed by atoms with Crippen LogP contribution in [0.2, 0.25) is 0 Å². The maximum atomic E-state index is 12.5. The number of aliphatic hydroxyl groups excluding tert-OH is 1. The number of hydrogen-bond acceptors (Lipinski definition) is 4. The lowest BCUT2D eigenvalue weighted by Gasteiger charge is -2.35. The quantitative estimate of drug-likeness (QED) is 0.764. The Morgan fingerprint density at radius 2 is 2.00 bits per heavy atom. The van der Waals surface area contributed by atoms with Crippen LogP contribution in [-0.4, -0.2) is 52.0 Å². The van der Waals surface area contributed by atoms with E-state index < -0.39 is 0 Å². The zero-order chi connectivity index (χ0) is 19.8. The summed E-state index contributed by atoms with van der Waals surface area (Å²) < 4.78 is 0. The first-order valence-corrected chi connectivity index (χ1v) is 10.2. The van der Waals surface area contributed by atoms with Gasteiger partial charge in [-0.15, -0.1) is 0 Å². The van der Waals surface area contributed by atoms with Crippen molar-refractivity contribution in [1.29, 1.82) is 0 Å². The Morgan fingerprint density at radius 3 is 2.68 bits per heavy atom. The van der Waals surface area contributed by atoms with E-state index in [-0.39, 0.29) is 18.9 Å². The molecule has 1 aliphatic rings. The molecule has 0 atom stereocenters. The average molecular weight is 382 g/mol. The first kappa shape index (κ1) is 20.5. The summed E-state index contributed by atoms with van der Waals surface area (Å²) in [6.45, 7) is 6.52. The van der Waals surface area contributed by atoms with Crippen LogP contribution >= 0.6 is 0 Å². The number of aliphatic hydroxyl groups is 1. The van der Waals surface area contributed by atoms with Crippen molar-refractivity contribution in [2.24, 2.45) is 5.92 Å². The van der Waals surface area contributed by atoms with Crippen LogP contribution in [0.3, 0.4) is 0 Å². The summed E-state index contributed by atoms with van der Waals surface area (Å²) >= 11 is 0. The molecule has 0 bridgehead atoms. The zero-order valence-electron chi connectivity index (χ0n) is 16.8. The Kier molecular flexibility index (Phi) is 7.57. The summed E-state index contributed by atoms with van der Waals surface area (Å²) in [5, 5.41) is 9.19. The highest BCUT2D eigenvalue weighted by molar-refractivity contribution is 5.76. The lowest BCUT2D eigenvalue weighted by atomic mass is 9.95. The molecule has 5 nitrogen and oxygen atoms in total. The maximum absolute atomic E-state index is 12.5. The molecule has 0 radical (unpaired) electrons. The number of aryl methyl sites for hydroxylation is 1. The van der Waals surface area contributed by atoms with E-state index in [2.05, 4.69) is 41.1 Å². The third-order valence-electron chi connectivity index (χ3n) is 5.62. The SMILES string of the molecule is Cc1ccccc1CN1CCC(CN(Cc2cccnc2)C(=O)CCO)CC1. The van der Waals surface area contributed by atoms with Crippen molar-refractivity contribution in [3.63, 3.8) is 0 Å². The summed E-state index contributed by atoms with van der Waals surface area (Å²) in [5.74, 6) is 0.529. The zero-order valence-corrected chi connectivity index (χ0v) is 16.8. The number of pyridine rings is 1. The highest BCUT2D eigenvalue weighted by Gasteiger charge is 2.24. The number of piperidine rings is 1. The van der Waals surface area contributed by atoms with Crippen LogP contribution in [0.1, 0.15) is 36.0 Å². The van der Waals surface area contributed by atoms with E-state index in [1.807, 2.05) is 23.2 Å². The number of carbonyl (C=O) groups excluding carboxylic acids is 1. The number of amides is 1. The van der Waals surface area contributed by atoms with E-state index in [4.69, 9.17) is 0 Å². The maximum Gasteiger partial charge on any atom is 0.225 e. The van der Waals surface area contributed by atoms with E-state index in [9.17, 15) is 9.90 Å². The number of benzene rings is 1. The fourth-order valence-electron chi connectivity index (χ4n) is 3.89. The summed E-state index contributed by atoms with van der Waals surface area (Å²) in [4.78, 5) is 21.1. The molecule has 1 aromatic carbocycles. The molecule has 1 aliphatic heterocycles. The van der Waals surface area contributed by atoms with Gasteiger partial charge < -0.3 is 10.0 Å². The number of aromatic nitrogens is 1. The Bertz CT molecular complexity index is 743.